The van der Waals surface area contributed by atoms with Crippen molar-refractivity contribution >= 4 is 11.1 Å². The Kier molecular flexibility index (Phi) is 3.83. The van der Waals surface area contributed by atoms with E-state index in [0.717, 1.165) is 11.2 Å². The maximum absolute atomic E-state index is 11.8. The third kappa shape index (κ3) is 2.87. The van der Waals surface area contributed by atoms with Crippen LogP contribution < -0.4 is 11.1 Å². The van der Waals surface area contributed by atoms with Gasteiger partial charge in [0.1, 0.15) is 0 Å². The Morgan fingerprint density at radius 1 is 1.24 bits per heavy atom. The van der Waals surface area contributed by atoms with E-state index >= 15 is 0 Å². The van der Waals surface area contributed by atoms with Gasteiger partial charge in [0.25, 0.3) is 0 Å². The Morgan fingerprint density at radius 2 is 2.05 bits per heavy atom. The number of benzene rings is 1. The molecule has 0 aliphatic rings. The van der Waals surface area contributed by atoms with E-state index in [9.17, 15) is 4.79 Å². The van der Waals surface area contributed by atoms with Crippen LogP contribution in [0.4, 0.5) is 0 Å². The summed E-state index contributed by atoms with van der Waals surface area (Å²) in [7, 11) is 0. The van der Waals surface area contributed by atoms with Gasteiger partial charge in [0.15, 0.2) is 5.58 Å². The number of pyridine rings is 1. The highest BCUT2D eigenvalue weighted by Crippen LogP contribution is 2.12. The number of fused-ring (bicyclic) bond motifs is 1. The third-order valence-corrected chi connectivity index (χ3v) is 3.49. The molecule has 5 heteroatoms. The first-order valence-corrected chi connectivity index (χ1v) is 6.98. The molecule has 1 unspecified atom stereocenters. The molecule has 0 saturated heterocycles. The van der Waals surface area contributed by atoms with Crippen molar-refractivity contribution in [3.8, 4) is 0 Å². The van der Waals surface area contributed by atoms with E-state index in [1.807, 2.05) is 36.4 Å². The van der Waals surface area contributed by atoms with E-state index in [1.54, 1.807) is 16.8 Å². The van der Waals surface area contributed by atoms with Crippen LogP contribution in [-0.2, 0) is 6.54 Å². The molecule has 3 rings (SSSR count). The molecule has 5 nitrogen and oxygen atoms in total. The molecular formula is C16H17N3O2. The average molecular weight is 283 g/mol. The van der Waals surface area contributed by atoms with E-state index in [2.05, 4.69) is 17.2 Å². The van der Waals surface area contributed by atoms with E-state index in [4.69, 9.17) is 4.42 Å². The number of nitrogens with one attached hydrogen (secondary N) is 1. The van der Waals surface area contributed by atoms with Gasteiger partial charge in [-0.1, -0.05) is 18.2 Å². The summed E-state index contributed by atoms with van der Waals surface area (Å²) >= 11 is 0. The molecule has 1 N–H and O–H groups in total. The van der Waals surface area contributed by atoms with Gasteiger partial charge in [0, 0.05) is 25.3 Å². The minimum atomic E-state index is -0.316. The van der Waals surface area contributed by atoms with Crippen molar-refractivity contribution in [2.45, 2.75) is 19.5 Å². The van der Waals surface area contributed by atoms with Crippen LogP contribution in [0.3, 0.4) is 0 Å². The largest absolute Gasteiger partial charge is 0.419 e. The zero-order valence-corrected chi connectivity index (χ0v) is 11.8. The summed E-state index contributed by atoms with van der Waals surface area (Å²) in [6.45, 7) is 3.28. The molecular weight excluding hydrogens is 266 g/mol. The quantitative estimate of drug-likeness (QED) is 0.780. The van der Waals surface area contributed by atoms with Gasteiger partial charge in [-0.25, -0.2) is 4.79 Å². The summed E-state index contributed by atoms with van der Waals surface area (Å²) in [6, 6.07) is 13.4. The van der Waals surface area contributed by atoms with Crippen molar-refractivity contribution in [2.24, 2.45) is 0 Å². The van der Waals surface area contributed by atoms with Crippen molar-refractivity contribution in [1.82, 2.24) is 14.9 Å². The Morgan fingerprint density at radius 3 is 2.86 bits per heavy atom. The Labute approximate surface area is 122 Å². The normalized spacial score (nSPS) is 12.6. The Balaban J connectivity index is 1.67. The van der Waals surface area contributed by atoms with Crippen molar-refractivity contribution in [2.75, 3.05) is 6.54 Å². The molecule has 21 heavy (non-hydrogen) atoms. The summed E-state index contributed by atoms with van der Waals surface area (Å²) in [6.07, 6.45) is 1.78. The van der Waals surface area contributed by atoms with Gasteiger partial charge in [0.05, 0.1) is 11.2 Å². The second-order valence-corrected chi connectivity index (χ2v) is 4.92. The zero-order valence-electron chi connectivity index (χ0n) is 11.8. The molecule has 0 spiro atoms. The summed E-state index contributed by atoms with van der Waals surface area (Å²) in [5.74, 6) is -0.316. The highest BCUT2D eigenvalue weighted by Gasteiger charge is 2.09. The maximum Gasteiger partial charge on any atom is 0.419 e. The fourth-order valence-electron chi connectivity index (χ4n) is 2.36. The van der Waals surface area contributed by atoms with Crippen molar-refractivity contribution in [3.63, 3.8) is 0 Å². The molecule has 0 fully saturated rings. The number of nitrogens with zero attached hydrogens (tertiary/aromatic N) is 2. The molecule has 0 bridgehead atoms. The molecule has 2 aromatic heterocycles. The number of para-hydroxylation sites is 2. The second kappa shape index (κ2) is 5.93. The smallest absolute Gasteiger partial charge is 0.408 e. The van der Waals surface area contributed by atoms with E-state index in [-0.39, 0.29) is 11.8 Å². The minimum Gasteiger partial charge on any atom is -0.408 e. The lowest BCUT2D eigenvalue weighted by Crippen LogP contribution is -2.27. The van der Waals surface area contributed by atoms with E-state index < -0.39 is 0 Å². The van der Waals surface area contributed by atoms with Gasteiger partial charge < -0.3 is 9.73 Å². The van der Waals surface area contributed by atoms with Crippen LogP contribution in [0.2, 0.25) is 0 Å². The topological polar surface area (TPSA) is 60.1 Å². The predicted molar refractivity (Wildman–Crippen MR) is 81.1 cm³/mol. The van der Waals surface area contributed by atoms with Gasteiger partial charge in [-0.05, 0) is 31.2 Å². The van der Waals surface area contributed by atoms with Gasteiger partial charge >= 0.3 is 5.76 Å². The highest BCUT2D eigenvalue weighted by atomic mass is 16.4. The maximum atomic E-state index is 11.8. The molecule has 108 valence electrons. The summed E-state index contributed by atoms with van der Waals surface area (Å²) < 4.78 is 6.85. The monoisotopic (exact) mass is 283 g/mol. The fourth-order valence-corrected chi connectivity index (χ4v) is 2.36. The van der Waals surface area contributed by atoms with Gasteiger partial charge in [-0.2, -0.15) is 0 Å². The minimum absolute atomic E-state index is 0.139. The summed E-state index contributed by atoms with van der Waals surface area (Å²) in [5, 5.41) is 3.37. The Bertz CT molecular complexity index is 777. The first kappa shape index (κ1) is 13.6. The van der Waals surface area contributed by atoms with Crippen LogP contribution >= 0.6 is 0 Å². The zero-order chi connectivity index (χ0) is 14.7. The first-order chi connectivity index (χ1) is 10.3. The van der Waals surface area contributed by atoms with Crippen LogP contribution in [-0.4, -0.2) is 16.1 Å². The molecule has 0 radical (unpaired) electrons. The van der Waals surface area contributed by atoms with Gasteiger partial charge in [-0.3, -0.25) is 9.55 Å². The first-order valence-electron chi connectivity index (χ1n) is 6.98. The average Bonchev–Trinajstić information content (AvgIpc) is 2.84. The van der Waals surface area contributed by atoms with Crippen LogP contribution in [0.1, 0.15) is 18.7 Å². The molecule has 3 aromatic rings. The van der Waals surface area contributed by atoms with Crippen molar-refractivity contribution in [3.05, 3.63) is 64.9 Å². The van der Waals surface area contributed by atoms with Crippen LogP contribution in [0.25, 0.3) is 11.1 Å². The molecule has 0 aliphatic heterocycles. The van der Waals surface area contributed by atoms with Crippen LogP contribution in [0, 0.1) is 0 Å². The number of oxazole rings is 1. The number of hydrogen-bond acceptors (Lipinski definition) is 4. The standard InChI is InChI=1S/C16H17N3O2/c1-12(13-6-4-5-9-18-13)17-10-11-19-14-7-2-3-8-15(14)21-16(19)20/h2-9,12,17H,10-11H2,1H3. The van der Waals surface area contributed by atoms with E-state index in [0.29, 0.717) is 18.7 Å². The molecule has 1 atom stereocenters. The van der Waals surface area contributed by atoms with E-state index in [1.165, 1.54) is 0 Å². The molecule has 1 aromatic carbocycles. The number of hydrogen-bond donors (Lipinski definition) is 1. The lowest BCUT2D eigenvalue weighted by atomic mass is 10.2. The van der Waals surface area contributed by atoms with Gasteiger partial charge in [-0.15, -0.1) is 0 Å². The SMILES string of the molecule is CC(NCCn1c(=O)oc2ccccc21)c1ccccn1. The lowest BCUT2D eigenvalue weighted by Gasteiger charge is -2.13. The lowest BCUT2D eigenvalue weighted by molar-refractivity contribution is 0.476. The molecule has 0 saturated carbocycles. The molecule has 0 amide bonds. The highest BCUT2D eigenvalue weighted by molar-refractivity contribution is 5.72. The number of rotatable bonds is 5. The van der Waals surface area contributed by atoms with Crippen molar-refractivity contribution < 1.29 is 4.42 Å². The fraction of sp³-hybridized carbons (Fsp3) is 0.250. The van der Waals surface area contributed by atoms with Gasteiger partial charge in [0.2, 0.25) is 0 Å². The summed E-state index contributed by atoms with van der Waals surface area (Å²) in [5.41, 5.74) is 2.44. The Hall–Kier alpha value is -2.40. The van der Waals surface area contributed by atoms with Crippen LogP contribution in [0.15, 0.2) is 57.9 Å². The molecule has 2 heterocycles. The molecule has 0 aliphatic carbocycles. The van der Waals surface area contributed by atoms with Crippen LogP contribution in [0.5, 0.6) is 0 Å². The third-order valence-electron chi connectivity index (χ3n) is 3.49. The van der Waals surface area contributed by atoms with Crippen molar-refractivity contribution in [1.29, 1.82) is 0 Å². The second-order valence-electron chi connectivity index (χ2n) is 4.92. The number of aromatic nitrogens is 2. The summed E-state index contributed by atoms with van der Waals surface area (Å²) in [4.78, 5) is 16.2. The predicted octanol–water partition coefficient (Wildman–Crippen LogP) is 2.34.